The number of carbonyl (C=O) groups excluding carboxylic acids is 3. The first-order chi connectivity index (χ1) is 20.1. The van der Waals surface area contributed by atoms with Gasteiger partial charge in [-0.15, -0.1) is 0 Å². The van der Waals surface area contributed by atoms with Crippen LogP contribution in [0.5, 0.6) is 0 Å². The quantitative estimate of drug-likeness (QED) is 0.208. The maximum Gasteiger partial charge on any atom is 0.258 e. The van der Waals surface area contributed by atoms with Crippen LogP contribution >= 0.6 is 15.9 Å². The lowest BCUT2D eigenvalue weighted by atomic mass is 10.00. The molecule has 1 atom stereocenters. The molecule has 4 aromatic carbocycles. The fourth-order valence-electron chi connectivity index (χ4n) is 5.53. The zero-order valence-electron chi connectivity index (χ0n) is 24.3. The van der Waals surface area contributed by atoms with Crippen molar-refractivity contribution in [3.8, 4) is 0 Å². The van der Waals surface area contributed by atoms with Gasteiger partial charge in [-0.05, 0) is 68.0 Å². The SMILES string of the molecule is CC(C)(C)NC(=O)[C@@H](Cc1ccccc1)N(Cc1ccc(Br)cc1)C(=O)CCCN1C(=O)c2cccc3cccc1c23. The van der Waals surface area contributed by atoms with Gasteiger partial charge in [0.2, 0.25) is 11.8 Å². The molecule has 0 spiro atoms. The van der Waals surface area contributed by atoms with Crippen molar-refractivity contribution in [3.05, 3.63) is 112 Å². The van der Waals surface area contributed by atoms with E-state index in [0.717, 1.165) is 32.1 Å². The molecule has 0 unspecified atom stereocenters. The van der Waals surface area contributed by atoms with Crippen molar-refractivity contribution >= 4 is 50.1 Å². The smallest absolute Gasteiger partial charge is 0.258 e. The predicted octanol–water partition coefficient (Wildman–Crippen LogP) is 6.90. The van der Waals surface area contributed by atoms with Crippen LogP contribution in [0.4, 0.5) is 5.69 Å². The predicted molar refractivity (Wildman–Crippen MR) is 171 cm³/mol. The molecule has 0 radical (unpaired) electrons. The molecular weight excluding hydrogens is 590 g/mol. The first kappa shape index (κ1) is 29.5. The van der Waals surface area contributed by atoms with E-state index in [2.05, 4.69) is 21.2 Å². The van der Waals surface area contributed by atoms with Crippen molar-refractivity contribution in [2.45, 2.75) is 58.2 Å². The van der Waals surface area contributed by atoms with Crippen molar-refractivity contribution in [2.75, 3.05) is 11.4 Å². The summed E-state index contributed by atoms with van der Waals surface area (Å²) < 4.78 is 0.946. The zero-order chi connectivity index (χ0) is 29.9. The van der Waals surface area contributed by atoms with Crippen LogP contribution in [0.1, 0.15) is 55.1 Å². The third-order valence-electron chi connectivity index (χ3n) is 7.46. The lowest BCUT2D eigenvalue weighted by molar-refractivity contribution is -0.142. The van der Waals surface area contributed by atoms with Gasteiger partial charge >= 0.3 is 0 Å². The van der Waals surface area contributed by atoms with E-state index < -0.39 is 11.6 Å². The highest BCUT2D eigenvalue weighted by atomic mass is 79.9. The van der Waals surface area contributed by atoms with Crippen LogP contribution < -0.4 is 10.2 Å². The molecular formula is C35H36BrN3O3. The summed E-state index contributed by atoms with van der Waals surface area (Å²) in [7, 11) is 0. The Morgan fingerprint density at radius 2 is 1.57 bits per heavy atom. The molecule has 3 amide bonds. The van der Waals surface area contributed by atoms with E-state index in [4.69, 9.17) is 0 Å². The Bertz CT molecular complexity index is 1590. The van der Waals surface area contributed by atoms with Gasteiger partial charge in [-0.25, -0.2) is 0 Å². The van der Waals surface area contributed by atoms with Crippen LogP contribution in [0.2, 0.25) is 0 Å². The molecule has 5 rings (SSSR count). The van der Waals surface area contributed by atoms with Crippen molar-refractivity contribution < 1.29 is 14.4 Å². The van der Waals surface area contributed by atoms with Gasteiger partial charge in [0, 0.05) is 46.9 Å². The van der Waals surface area contributed by atoms with Gasteiger partial charge in [0.1, 0.15) is 6.04 Å². The van der Waals surface area contributed by atoms with E-state index in [-0.39, 0.29) is 24.1 Å². The Labute approximate surface area is 255 Å². The van der Waals surface area contributed by atoms with E-state index in [9.17, 15) is 14.4 Å². The van der Waals surface area contributed by atoms with Gasteiger partial charge in [-0.2, -0.15) is 0 Å². The van der Waals surface area contributed by atoms with E-state index in [0.29, 0.717) is 31.5 Å². The van der Waals surface area contributed by atoms with Gasteiger partial charge in [0.25, 0.3) is 5.91 Å². The van der Waals surface area contributed by atoms with E-state index in [1.54, 1.807) is 9.80 Å². The molecule has 42 heavy (non-hydrogen) atoms. The Kier molecular flexibility index (Phi) is 8.78. The Morgan fingerprint density at radius 1 is 0.881 bits per heavy atom. The van der Waals surface area contributed by atoms with Crippen molar-refractivity contribution in [3.63, 3.8) is 0 Å². The van der Waals surface area contributed by atoms with Crippen LogP contribution in [-0.4, -0.2) is 40.7 Å². The molecule has 216 valence electrons. The van der Waals surface area contributed by atoms with Crippen LogP contribution in [0.3, 0.4) is 0 Å². The molecule has 7 heteroatoms. The van der Waals surface area contributed by atoms with E-state index in [1.165, 1.54) is 0 Å². The summed E-state index contributed by atoms with van der Waals surface area (Å²) >= 11 is 3.49. The number of hydrogen-bond donors (Lipinski definition) is 1. The van der Waals surface area contributed by atoms with Gasteiger partial charge in [0.15, 0.2) is 0 Å². The van der Waals surface area contributed by atoms with Crippen LogP contribution in [0, 0.1) is 0 Å². The molecule has 0 bridgehead atoms. The van der Waals surface area contributed by atoms with Crippen LogP contribution in [-0.2, 0) is 22.6 Å². The summed E-state index contributed by atoms with van der Waals surface area (Å²) in [5.41, 5.74) is 3.05. The van der Waals surface area contributed by atoms with Crippen molar-refractivity contribution in [1.82, 2.24) is 10.2 Å². The molecule has 1 heterocycles. The number of benzene rings is 4. The maximum absolute atomic E-state index is 14.0. The molecule has 4 aromatic rings. The number of carbonyl (C=O) groups is 3. The highest BCUT2D eigenvalue weighted by Gasteiger charge is 2.33. The van der Waals surface area contributed by atoms with Gasteiger partial charge in [-0.3, -0.25) is 14.4 Å². The van der Waals surface area contributed by atoms with Crippen LogP contribution in [0.15, 0.2) is 95.5 Å². The molecule has 0 aromatic heterocycles. The van der Waals surface area contributed by atoms with Crippen molar-refractivity contribution in [1.29, 1.82) is 0 Å². The van der Waals surface area contributed by atoms with Gasteiger partial charge in [-0.1, -0.05) is 82.7 Å². The number of nitrogens with zero attached hydrogens (tertiary/aromatic N) is 2. The number of rotatable bonds is 10. The average molecular weight is 627 g/mol. The van der Waals surface area contributed by atoms with Crippen molar-refractivity contribution in [2.24, 2.45) is 0 Å². The summed E-state index contributed by atoms with van der Waals surface area (Å²) in [4.78, 5) is 44.5. The molecule has 6 nitrogen and oxygen atoms in total. The lowest BCUT2D eigenvalue weighted by Gasteiger charge is -2.34. The topological polar surface area (TPSA) is 69.7 Å². The highest BCUT2D eigenvalue weighted by Crippen LogP contribution is 2.37. The standard InChI is InChI=1S/C35H36BrN3O3/c1-35(2,3)37-33(41)30(22-24-10-5-4-6-11-24)39(23-25-17-19-27(36)20-18-25)31(40)16-9-21-38-29-15-8-13-26-12-7-14-28(32(26)29)34(38)42/h4-8,10-15,17-20,30H,9,16,21-23H2,1-3H3,(H,37,41)/t30-/m1/s1. The summed E-state index contributed by atoms with van der Waals surface area (Å²) in [6.45, 7) is 6.54. The summed E-state index contributed by atoms with van der Waals surface area (Å²) in [5.74, 6) is -0.341. The summed E-state index contributed by atoms with van der Waals surface area (Å²) in [6, 6.07) is 28.6. The molecule has 0 saturated heterocycles. The highest BCUT2D eigenvalue weighted by molar-refractivity contribution is 9.10. The molecule has 1 aliphatic heterocycles. The number of nitrogens with one attached hydrogen (secondary N) is 1. The Hall–Kier alpha value is -3.97. The van der Waals surface area contributed by atoms with Crippen LogP contribution in [0.25, 0.3) is 10.8 Å². The minimum atomic E-state index is -0.700. The lowest BCUT2D eigenvalue weighted by Crippen LogP contribution is -2.54. The Balaban J connectivity index is 1.38. The van der Waals surface area contributed by atoms with E-state index >= 15 is 0 Å². The summed E-state index contributed by atoms with van der Waals surface area (Å²) in [6.07, 6.45) is 1.08. The second-order valence-electron chi connectivity index (χ2n) is 11.8. The minimum Gasteiger partial charge on any atom is -0.350 e. The first-order valence-corrected chi connectivity index (χ1v) is 15.1. The Morgan fingerprint density at radius 3 is 2.26 bits per heavy atom. The monoisotopic (exact) mass is 625 g/mol. The minimum absolute atomic E-state index is 0.0347. The summed E-state index contributed by atoms with van der Waals surface area (Å²) in [5, 5.41) is 5.11. The fourth-order valence-corrected chi connectivity index (χ4v) is 5.79. The normalized spacial score (nSPS) is 13.3. The molecule has 1 aliphatic rings. The zero-order valence-corrected chi connectivity index (χ0v) is 25.9. The first-order valence-electron chi connectivity index (χ1n) is 14.3. The second kappa shape index (κ2) is 12.5. The third-order valence-corrected chi connectivity index (χ3v) is 7.99. The number of anilines is 1. The second-order valence-corrected chi connectivity index (χ2v) is 12.7. The molecule has 1 N–H and O–H groups in total. The van der Waals surface area contributed by atoms with E-state index in [1.807, 2.05) is 112 Å². The molecule has 0 aliphatic carbocycles. The maximum atomic E-state index is 14.0. The largest absolute Gasteiger partial charge is 0.350 e. The van der Waals surface area contributed by atoms with Gasteiger partial charge in [0.05, 0.1) is 5.69 Å². The average Bonchev–Trinajstić information content (AvgIpc) is 3.23. The molecule has 0 saturated carbocycles. The van der Waals surface area contributed by atoms with Gasteiger partial charge < -0.3 is 15.1 Å². The third kappa shape index (κ3) is 6.73. The fraction of sp³-hybridized carbons (Fsp3) is 0.286. The molecule has 0 fully saturated rings. The number of amides is 3. The number of hydrogen-bond acceptors (Lipinski definition) is 3. The number of halogens is 1.